The molecule has 8 aromatic carbocycles. The number of alkyl halides is 1. The minimum absolute atomic E-state index is 0. The van der Waals surface area contributed by atoms with Gasteiger partial charge in [-0.3, -0.25) is 18.5 Å². The van der Waals surface area contributed by atoms with Gasteiger partial charge in [0.05, 0.1) is 33.6 Å². The number of hydrogen-bond acceptors (Lipinski definition) is 19. The standard InChI is InChI=1S/2C20H24BClO3.C14H14BClO3.C13H18BBrO2.C7H7ClO.C4H8O.C2H4O2.5CH4.Cs.FH.IO4.H3N.Na/c2*1-14-12-17(10-11-18(14)22)23-13-15-6-8-16(9-7-15)21-24-19(2,3)20(4,5)25-21;1-10-8-13(6-7-14(10)16)19-9-11-2-4-12(5-3-11)15(17)18;1-12(2)13(3,4)17-14(16-12)11-7-5-10(9-15)6-8-11;1-5-4-6(9)2-3-7(5)8;1-2-4-5-3-1;1-2(3)4;;;;;;;;2-1(3,4)5;;/h2*6-12H,13H2,1-5H3;2-8,17-18H,9H2,1H3;5-8H,9H2,1-4H3;2-4,9H,1H3;1-4H2;1H3,(H,3,4);5*1H4;;1H;;1H3;/q;;;;;;;;;;;;+1;;-1;;+1/p-1. The molecule has 0 saturated carbocycles. The zero-order valence-corrected chi connectivity index (χ0v) is 82.9. The second-order valence-electron chi connectivity index (χ2n) is 29.0. The van der Waals surface area contributed by atoms with E-state index in [1.54, 1.807) is 48.5 Å². The van der Waals surface area contributed by atoms with Crippen LogP contribution in [0, 0.1) is 27.7 Å². The number of phenols is 1. The maximum absolute atomic E-state index is 9.00. The molecule has 644 valence electrons. The molecule has 0 aromatic heterocycles. The van der Waals surface area contributed by atoms with Gasteiger partial charge in [-0.1, -0.05) is 197 Å². The number of hydrogen-bond donors (Lipinski definition) is 5. The first-order valence-electron chi connectivity index (χ1n) is 35.1. The van der Waals surface area contributed by atoms with Crippen molar-refractivity contribution in [1.29, 1.82) is 0 Å². The molecule has 4 aliphatic rings. The number of halogens is 7. The molecule has 4 heterocycles. The number of carboxylic acids is 1. The Balaban J connectivity index is -0.000000433. The molecule has 12 rings (SSSR count). The Hall–Kier alpha value is -2.52. The van der Waals surface area contributed by atoms with E-state index in [2.05, 4.69) is 123 Å². The van der Waals surface area contributed by atoms with E-state index in [1.807, 2.05) is 125 Å². The molecular weight excluding hydrogens is 1910 g/mol. The Labute approximate surface area is 820 Å². The van der Waals surface area contributed by atoms with E-state index in [0.29, 0.717) is 35.3 Å². The van der Waals surface area contributed by atoms with Gasteiger partial charge in [0.2, 0.25) is 0 Å². The fourth-order valence-electron chi connectivity index (χ4n) is 9.79. The Kier molecular flexibility index (Phi) is 60.2. The number of rotatable bonds is 14. The Morgan fingerprint density at radius 1 is 0.449 bits per heavy atom. The van der Waals surface area contributed by atoms with Gasteiger partial charge in [0, 0.05) is 45.6 Å². The van der Waals surface area contributed by atoms with Crippen LogP contribution in [0.4, 0.5) is 0 Å². The summed E-state index contributed by atoms with van der Waals surface area (Å²) in [5.41, 5.74) is 10.0. The average molecular weight is 2030 g/mol. The molecule has 7 N–H and O–H groups in total. The summed E-state index contributed by atoms with van der Waals surface area (Å²) >= 11 is 21.2. The molecular formula is C85H122B4BrCl4CsFINNaO19. The van der Waals surface area contributed by atoms with Crippen LogP contribution in [0.5, 0.6) is 23.0 Å². The fourth-order valence-corrected chi connectivity index (χ4v) is 10.6. The Morgan fingerprint density at radius 2 is 0.669 bits per heavy atom. The zero-order chi connectivity index (χ0) is 81.5. The van der Waals surface area contributed by atoms with E-state index >= 15 is 0 Å². The van der Waals surface area contributed by atoms with Gasteiger partial charge in [-0.15, -0.1) is 0 Å². The zero-order valence-electron chi connectivity index (χ0n) is 67.9. The molecule has 118 heavy (non-hydrogen) atoms. The number of aromatic hydroxyl groups is 1. The third-order valence-electron chi connectivity index (χ3n) is 18.5. The predicted molar refractivity (Wildman–Crippen MR) is 467 cm³/mol. The topological polar surface area (TPSA) is 318 Å². The van der Waals surface area contributed by atoms with Crippen molar-refractivity contribution >= 4 is 119 Å². The molecule has 20 nitrogen and oxygen atoms in total. The summed E-state index contributed by atoms with van der Waals surface area (Å²) in [6.07, 6.45) is 2.56. The maximum Gasteiger partial charge on any atom is 1.00 e. The average Bonchev–Trinajstić information content (AvgIpc) is 1.64. The molecule has 8 aromatic rings. The second-order valence-corrected chi connectivity index (χ2v) is 33.3. The first-order valence-corrected chi connectivity index (χ1v) is 41.2. The Morgan fingerprint density at radius 3 is 0.864 bits per heavy atom. The number of aryl methyl sites for hydroxylation is 4. The third-order valence-corrected chi connectivity index (χ3v) is 20.9. The SMILES string of the molecule is C.C.C.C.C.C1CCOC1.CC(=O)O.CC1(C)OB(c2ccc(CBr)cc2)OC1(C)C.Cc1cc(O)ccc1Cl.Cc1cc(OCc2ccc(B(O)O)cc2)ccc1Cl.Cc1cc(OCc2ccc(B3OC(C)(C)C(C)(C)O3)cc2)ccc1Cl.Cc1cc(OCc2ccc(B3OC(C)(C)C(C)(C)O3)cc2)ccc1Cl.N.[Cs+].[F-].[Na+].[O-][I+3]([O-])([O-])[O-]. The van der Waals surface area contributed by atoms with E-state index in [0.717, 1.165) is 108 Å². The van der Waals surface area contributed by atoms with Crippen LogP contribution in [0.2, 0.25) is 20.1 Å². The van der Waals surface area contributed by atoms with Crippen LogP contribution >= 0.6 is 62.3 Å². The van der Waals surface area contributed by atoms with Crippen LogP contribution in [0.3, 0.4) is 0 Å². The van der Waals surface area contributed by atoms with E-state index in [1.165, 1.54) is 18.4 Å². The van der Waals surface area contributed by atoms with Crippen molar-refractivity contribution in [2.24, 2.45) is 0 Å². The summed E-state index contributed by atoms with van der Waals surface area (Å²) in [5.74, 6) is 1.82. The van der Waals surface area contributed by atoms with E-state index in [-0.39, 0.29) is 207 Å². The third kappa shape index (κ3) is 42.2. The van der Waals surface area contributed by atoms with Gasteiger partial charge in [0.25, 0.3) is 5.97 Å². The second kappa shape index (κ2) is 57.2. The number of carboxylic acid groups (broad SMARTS) is 1. The van der Waals surface area contributed by atoms with Crippen molar-refractivity contribution in [3.05, 3.63) is 234 Å². The number of aliphatic carboxylic acids is 1. The van der Waals surface area contributed by atoms with Crippen molar-refractivity contribution in [2.45, 2.75) is 226 Å². The summed E-state index contributed by atoms with van der Waals surface area (Å²) in [4.78, 5) is 9.00. The summed E-state index contributed by atoms with van der Waals surface area (Å²) < 4.78 is 93.0. The van der Waals surface area contributed by atoms with Crippen LogP contribution in [0.25, 0.3) is 0 Å². The number of ether oxygens (including phenoxy) is 4. The summed E-state index contributed by atoms with van der Waals surface area (Å²) in [5, 5.41) is 38.1. The normalized spacial score (nSPS) is 15.1. The molecule has 4 fully saturated rings. The van der Waals surface area contributed by atoms with Crippen LogP contribution in [-0.4, -0.2) is 102 Å². The molecule has 4 saturated heterocycles. The first kappa shape index (κ1) is 124. The molecule has 0 amide bonds. The van der Waals surface area contributed by atoms with Gasteiger partial charge in [-0.05, 0) is 263 Å². The smallest absolute Gasteiger partial charge is 1.00 e. The van der Waals surface area contributed by atoms with Crippen molar-refractivity contribution < 1.29 is 209 Å². The molecule has 0 bridgehead atoms. The van der Waals surface area contributed by atoms with Crippen LogP contribution < -0.4 is 179 Å². The minimum Gasteiger partial charge on any atom is -1.00 e. The van der Waals surface area contributed by atoms with E-state index < -0.39 is 33.2 Å². The molecule has 4 aliphatic heterocycles. The summed E-state index contributed by atoms with van der Waals surface area (Å²) in [6.45, 7) is 37.0. The van der Waals surface area contributed by atoms with Crippen LogP contribution in [0.15, 0.2) is 170 Å². The molecule has 0 radical (unpaired) electrons. The summed E-state index contributed by atoms with van der Waals surface area (Å²) in [6, 6.07) is 53.3. The monoisotopic (exact) mass is 2030 g/mol. The number of carbonyl (C=O) groups is 1. The summed E-state index contributed by atoms with van der Waals surface area (Å²) in [7, 11) is -2.36. The number of phenolic OH excluding ortho intramolecular Hbond substituents is 1. The largest absolute Gasteiger partial charge is 1.00 e. The van der Waals surface area contributed by atoms with E-state index in [9.17, 15) is 0 Å². The van der Waals surface area contributed by atoms with Gasteiger partial charge in [-0.25, -0.2) is 0 Å². The molecule has 0 aliphatic carbocycles. The van der Waals surface area contributed by atoms with Crippen molar-refractivity contribution in [3.8, 4) is 23.0 Å². The maximum atomic E-state index is 9.00. The molecule has 0 spiro atoms. The first-order chi connectivity index (χ1) is 50.7. The van der Waals surface area contributed by atoms with Crippen molar-refractivity contribution in [2.75, 3.05) is 13.2 Å². The van der Waals surface area contributed by atoms with Gasteiger partial charge in [0.1, 0.15) is 62.9 Å². The molecule has 0 unspecified atom stereocenters. The van der Waals surface area contributed by atoms with Crippen molar-refractivity contribution in [3.63, 3.8) is 0 Å². The van der Waals surface area contributed by atoms with Gasteiger partial charge in [-0.2, -0.15) is 0 Å². The molecule has 33 heteroatoms. The quantitative estimate of drug-likeness (QED) is 0.0589. The van der Waals surface area contributed by atoms with Gasteiger partial charge in [0.15, 0.2) is 0 Å². The van der Waals surface area contributed by atoms with Crippen LogP contribution in [0.1, 0.15) is 184 Å². The Bertz CT molecular complexity index is 3970. The number of benzene rings is 8. The van der Waals surface area contributed by atoms with Gasteiger partial charge < -0.3 is 78.0 Å². The van der Waals surface area contributed by atoms with E-state index in [4.69, 9.17) is 132 Å². The van der Waals surface area contributed by atoms with Gasteiger partial charge >= 0.3 is 127 Å². The predicted octanol–water partition coefficient (Wildman–Crippen LogP) is 3.69. The van der Waals surface area contributed by atoms with Crippen LogP contribution in [-0.2, 0) is 62.6 Å². The minimum atomic E-state index is -5.94. The fraction of sp³-hybridized carbons (Fsp3) is 0.424. The molecule has 0 atom stereocenters. The van der Waals surface area contributed by atoms with Crippen molar-refractivity contribution in [1.82, 2.24) is 6.15 Å².